The van der Waals surface area contributed by atoms with E-state index in [9.17, 15) is 18.0 Å². The Morgan fingerprint density at radius 2 is 1.79 bits per heavy atom. The zero-order valence-corrected chi connectivity index (χ0v) is 17.2. The number of likely N-dealkylation sites (tertiary alicyclic amines) is 1. The summed E-state index contributed by atoms with van der Waals surface area (Å²) in [5.41, 5.74) is 0. The molecule has 1 atom stereocenters. The fraction of sp³-hybridized carbons (Fsp3) is 0.429. The zero-order chi connectivity index (χ0) is 21.0. The Labute approximate surface area is 170 Å². The van der Waals surface area contributed by atoms with Gasteiger partial charge in [0.1, 0.15) is 0 Å². The third kappa shape index (κ3) is 5.41. The van der Waals surface area contributed by atoms with Crippen LogP contribution in [0.15, 0.2) is 47.4 Å². The highest BCUT2D eigenvalue weighted by atomic mass is 32.2. The van der Waals surface area contributed by atoms with Crippen molar-refractivity contribution in [3.63, 3.8) is 0 Å². The van der Waals surface area contributed by atoms with Crippen molar-refractivity contribution in [2.24, 2.45) is 5.92 Å². The van der Waals surface area contributed by atoms with E-state index >= 15 is 0 Å². The second-order valence-electron chi connectivity index (χ2n) is 7.67. The van der Waals surface area contributed by atoms with E-state index in [1.807, 2.05) is 18.2 Å². The number of ketones is 1. The fourth-order valence-electron chi connectivity index (χ4n) is 3.58. The number of rotatable bonds is 8. The van der Waals surface area contributed by atoms with Crippen LogP contribution in [0.2, 0.25) is 0 Å². The molecular weight excluding hydrogens is 392 g/mol. The highest BCUT2D eigenvalue weighted by molar-refractivity contribution is 7.89. The summed E-state index contributed by atoms with van der Waals surface area (Å²) in [5, 5.41) is 10.8. The lowest BCUT2D eigenvalue weighted by atomic mass is 9.99. The lowest BCUT2D eigenvalue weighted by Crippen LogP contribution is -2.46. The minimum Gasteiger partial charge on any atom is -0.475 e. The number of carboxylic acid groups (broad SMARTS) is 1. The van der Waals surface area contributed by atoms with Gasteiger partial charge in [-0.25, -0.2) is 13.2 Å². The predicted molar refractivity (Wildman–Crippen MR) is 110 cm³/mol. The van der Waals surface area contributed by atoms with Gasteiger partial charge in [-0.2, -0.15) is 4.72 Å². The lowest BCUT2D eigenvalue weighted by molar-refractivity contribution is -0.150. The molecule has 7 nitrogen and oxygen atoms in total. The normalized spacial score (nSPS) is 17.3. The summed E-state index contributed by atoms with van der Waals surface area (Å²) in [6.45, 7) is 4.39. The van der Waals surface area contributed by atoms with Crippen LogP contribution >= 0.6 is 0 Å². The van der Waals surface area contributed by atoms with Crippen LogP contribution < -0.4 is 4.72 Å². The molecule has 1 saturated heterocycles. The molecule has 1 aliphatic heterocycles. The maximum Gasteiger partial charge on any atom is 0.373 e. The first-order chi connectivity index (χ1) is 13.8. The van der Waals surface area contributed by atoms with Gasteiger partial charge in [0.15, 0.2) is 0 Å². The van der Waals surface area contributed by atoms with Gasteiger partial charge in [-0.1, -0.05) is 37.3 Å². The topological polar surface area (TPSA) is 104 Å². The standard InChI is InChI=1S/C21H26N2O5S/c1-15-8-11-23(12-9-15)13-10-19(20(24)21(25)26)22-29(27,28)18-7-6-16-4-2-3-5-17(16)14-18/h2-7,14-15,19,22H,8-13H2,1H3,(H,25,26)/t19-/m0/s1. The molecule has 0 bridgehead atoms. The van der Waals surface area contributed by atoms with Crippen LogP contribution in [0.25, 0.3) is 10.8 Å². The van der Waals surface area contributed by atoms with Crippen molar-refractivity contribution < 1.29 is 23.1 Å². The van der Waals surface area contributed by atoms with Gasteiger partial charge < -0.3 is 10.0 Å². The van der Waals surface area contributed by atoms with E-state index in [0.29, 0.717) is 12.5 Å². The van der Waals surface area contributed by atoms with E-state index in [1.165, 1.54) is 12.1 Å². The summed E-state index contributed by atoms with van der Waals surface area (Å²) >= 11 is 0. The number of nitrogens with zero attached hydrogens (tertiary/aromatic N) is 1. The number of nitrogens with one attached hydrogen (secondary N) is 1. The summed E-state index contributed by atoms with van der Waals surface area (Å²) < 4.78 is 28.0. The molecule has 0 aliphatic carbocycles. The summed E-state index contributed by atoms with van der Waals surface area (Å²) in [6.07, 6.45) is 2.20. The number of benzene rings is 2. The molecule has 0 radical (unpaired) electrons. The van der Waals surface area contributed by atoms with Crippen LogP contribution in [0.3, 0.4) is 0 Å². The van der Waals surface area contributed by atoms with E-state index in [0.717, 1.165) is 36.7 Å². The Morgan fingerprint density at radius 3 is 2.45 bits per heavy atom. The first kappa shape index (κ1) is 21.4. The van der Waals surface area contributed by atoms with Crippen molar-refractivity contribution in [3.05, 3.63) is 42.5 Å². The molecule has 0 saturated carbocycles. The molecule has 0 aromatic heterocycles. The first-order valence-electron chi connectivity index (χ1n) is 9.77. The van der Waals surface area contributed by atoms with E-state index in [4.69, 9.17) is 5.11 Å². The maximum absolute atomic E-state index is 12.8. The number of sulfonamides is 1. The molecular formula is C21H26N2O5S. The molecule has 1 fully saturated rings. The minimum absolute atomic E-state index is 0.00573. The lowest BCUT2D eigenvalue weighted by Gasteiger charge is -2.31. The summed E-state index contributed by atoms with van der Waals surface area (Å²) in [7, 11) is -4.04. The molecule has 3 rings (SSSR count). The highest BCUT2D eigenvalue weighted by Crippen LogP contribution is 2.20. The largest absolute Gasteiger partial charge is 0.475 e. The second-order valence-corrected chi connectivity index (χ2v) is 9.38. The minimum atomic E-state index is -4.04. The van der Waals surface area contributed by atoms with E-state index < -0.39 is 27.8 Å². The van der Waals surface area contributed by atoms with Crippen LogP contribution in [0.4, 0.5) is 0 Å². The molecule has 8 heteroatoms. The second kappa shape index (κ2) is 9.02. The van der Waals surface area contributed by atoms with E-state index in [2.05, 4.69) is 16.5 Å². The predicted octanol–water partition coefficient (Wildman–Crippen LogP) is 2.26. The van der Waals surface area contributed by atoms with Gasteiger partial charge >= 0.3 is 5.97 Å². The SMILES string of the molecule is CC1CCN(CC[C@H](NS(=O)(=O)c2ccc3ccccc3c2)C(=O)C(=O)O)CC1. The monoisotopic (exact) mass is 418 g/mol. The van der Waals surface area contributed by atoms with Crippen molar-refractivity contribution in [1.82, 2.24) is 9.62 Å². The van der Waals surface area contributed by atoms with Crippen LogP contribution in [0.1, 0.15) is 26.2 Å². The van der Waals surface area contributed by atoms with Crippen LogP contribution in [0, 0.1) is 5.92 Å². The van der Waals surface area contributed by atoms with Gasteiger partial charge in [0, 0.05) is 6.54 Å². The summed E-state index contributed by atoms with van der Waals surface area (Å²) in [6, 6.07) is 10.7. The van der Waals surface area contributed by atoms with Gasteiger partial charge in [0.05, 0.1) is 10.9 Å². The maximum atomic E-state index is 12.8. The van der Waals surface area contributed by atoms with Gasteiger partial charge in [0.25, 0.3) is 5.78 Å². The van der Waals surface area contributed by atoms with Gasteiger partial charge in [-0.3, -0.25) is 4.79 Å². The average molecular weight is 419 g/mol. The molecule has 156 valence electrons. The van der Waals surface area contributed by atoms with Crippen molar-refractivity contribution in [2.75, 3.05) is 19.6 Å². The van der Waals surface area contributed by atoms with Crippen LogP contribution in [0.5, 0.6) is 0 Å². The highest BCUT2D eigenvalue weighted by Gasteiger charge is 2.30. The summed E-state index contributed by atoms with van der Waals surface area (Å²) in [4.78, 5) is 25.5. The first-order valence-corrected chi connectivity index (χ1v) is 11.3. The molecule has 29 heavy (non-hydrogen) atoms. The number of hydrogen-bond donors (Lipinski definition) is 2. The Morgan fingerprint density at radius 1 is 1.14 bits per heavy atom. The van der Waals surface area contributed by atoms with Crippen molar-refractivity contribution in [3.8, 4) is 0 Å². The molecule has 1 heterocycles. The van der Waals surface area contributed by atoms with E-state index in [-0.39, 0.29) is 11.3 Å². The number of aliphatic carboxylic acids is 1. The van der Waals surface area contributed by atoms with Crippen LogP contribution in [-0.4, -0.2) is 55.9 Å². The number of carboxylic acids is 1. The van der Waals surface area contributed by atoms with Crippen molar-refractivity contribution >= 4 is 32.5 Å². The van der Waals surface area contributed by atoms with Crippen LogP contribution in [-0.2, 0) is 19.6 Å². The van der Waals surface area contributed by atoms with Crippen molar-refractivity contribution in [1.29, 1.82) is 0 Å². The third-order valence-corrected chi connectivity index (χ3v) is 6.94. The Kier molecular flexibility index (Phi) is 6.66. The fourth-order valence-corrected chi connectivity index (χ4v) is 4.84. The molecule has 2 aromatic carbocycles. The number of Topliss-reactive ketones (excluding diaryl/α,β-unsaturated/α-hetero) is 1. The van der Waals surface area contributed by atoms with E-state index in [1.54, 1.807) is 12.1 Å². The molecule has 2 aromatic rings. The third-order valence-electron chi connectivity index (χ3n) is 5.47. The van der Waals surface area contributed by atoms with Gasteiger partial charge in [-0.15, -0.1) is 0 Å². The molecule has 0 unspecified atom stereocenters. The molecule has 1 aliphatic rings. The number of piperidine rings is 1. The molecule has 0 amide bonds. The molecule has 2 N–H and O–H groups in total. The molecule has 0 spiro atoms. The van der Waals surface area contributed by atoms with Gasteiger partial charge in [-0.05, 0) is 61.2 Å². The summed E-state index contributed by atoms with van der Waals surface area (Å²) in [5.74, 6) is -2.13. The Hall–Kier alpha value is -2.29. The Balaban J connectivity index is 1.76. The number of carbonyl (C=O) groups excluding carboxylic acids is 1. The number of hydrogen-bond acceptors (Lipinski definition) is 5. The van der Waals surface area contributed by atoms with Gasteiger partial charge in [0.2, 0.25) is 10.0 Å². The average Bonchev–Trinajstić information content (AvgIpc) is 2.71. The quantitative estimate of drug-likeness (QED) is 0.638. The Bertz CT molecular complexity index is 997. The number of carbonyl (C=O) groups is 2. The zero-order valence-electron chi connectivity index (χ0n) is 16.4. The number of fused-ring (bicyclic) bond motifs is 1. The van der Waals surface area contributed by atoms with Crippen molar-refractivity contribution in [2.45, 2.75) is 37.1 Å². The smallest absolute Gasteiger partial charge is 0.373 e.